The number of aromatic hydroxyl groups is 2. The highest BCUT2D eigenvalue weighted by Gasteiger charge is 2.06. The van der Waals surface area contributed by atoms with Gasteiger partial charge in [0.05, 0.1) is 13.1 Å². The van der Waals surface area contributed by atoms with E-state index in [1.807, 2.05) is 84.9 Å². The zero-order chi connectivity index (χ0) is 23.6. The number of aliphatic imine (C=N–C) groups is 2. The summed E-state index contributed by atoms with van der Waals surface area (Å²) < 4.78 is 0. The molecular formula is C28H24N2O2S2. The summed E-state index contributed by atoms with van der Waals surface area (Å²) in [6, 6.07) is 31.0. The number of benzene rings is 4. The number of phenols is 2. The van der Waals surface area contributed by atoms with Gasteiger partial charge >= 0.3 is 0 Å². The van der Waals surface area contributed by atoms with E-state index in [1.165, 1.54) is 0 Å². The molecule has 0 saturated carbocycles. The van der Waals surface area contributed by atoms with Gasteiger partial charge in [-0.1, -0.05) is 82.3 Å². The largest absolute Gasteiger partial charge is 0.507 e. The molecule has 0 radical (unpaired) electrons. The number of hydrogen-bond acceptors (Lipinski definition) is 6. The Bertz CT molecular complexity index is 1180. The minimum Gasteiger partial charge on any atom is -0.507 e. The Morgan fingerprint density at radius 3 is 1.38 bits per heavy atom. The maximum absolute atomic E-state index is 10.2. The van der Waals surface area contributed by atoms with Crippen molar-refractivity contribution in [2.75, 3.05) is 0 Å². The van der Waals surface area contributed by atoms with Gasteiger partial charge in [0.25, 0.3) is 0 Å². The molecule has 6 heteroatoms. The smallest absolute Gasteiger partial charge is 0.124 e. The Kier molecular flexibility index (Phi) is 8.43. The van der Waals surface area contributed by atoms with Crippen LogP contribution in [0.2, 0.25) is 0 Å². The van der Waals surface area contributed by atoms with Crippen molar-refractivity contribution in [3.05, 3.63) is 119 Å². The van der Waals surface area contributed by atoms with Crippen molar-refractivity contribution in [2.24, 2.45) is 9.98 Å². The lowest BCUT2D eigenvalue weighted by Crippen LogP contribution is -1.87. The number of hydrogen-bond donors (Lipinski definition) is 2. The van der Waals surface area contributed by atoms with E-state index in [-0.39, 0.29) is 11.5 Å². The molecule has 34 heavy (non-hydrogen) atoms. The first kappa shape index (κ1) is 23.7. The van der Waals surface area contributed by atoms with E-state index in [0.29, 0.717) is 24.2 Å². The van der Waals surface area contributed by atoms with Crippen LogP contribution in [0.3, 0.4) is 0 Å². The van der Waals surface area contributed by atoms with Gasteiger partial charge in [0.2, 0.25) is 0 Å². The third-order valence-electron chi connectivity index (χ3n) is 4.93. The molecule has 0 fully saturated rings. The van der Waals surface area contributed by atoms with Crippen LogP contribution < -0.4 is 0 Å². The topological polar surface area (TPSA) is 65.2 Å². The second kappa shape index (κ2) is 12.1. The van der Waals surface area contributed by atoms with Crippen molar-refractivity contribution in [1.29, 1.82) is 0 Å². The molecule has 0 heterocycles. The Hall–Kier alpha value is -3.48. The van der Waals surface area contributed by atoms with Crippen molar-refractivity contribution in [2.45, 2.75) is 22.9 Å². The average molecular weight is 485 g/mol. The van der Waals surface area contributed by atoms with Crippen molar-refractivity contribution < 1.29 is 10.2 Å². The summed E-state index contributed by atoms with van der Waals surface area (Å²) in [6.07, 6.45) is 3.41. The SMILES string of the molecule is Oc1ccc(SSc2ccc(O)c(C=NCc3ccccc3)c2)cc1C=NCc1ccccc1. The molecule has 170 valence electrons. The molecule has 2 N–H and O–H groups in total. The van der Waals surface area contributed by atoms with Gasteiger partial charge in [-0.3, -0.25) is 9.98 Å². The first-order valence-electron chi connectivity index (χ1n) is 10.8. The van der Waals surface area contributed by atoms with Gasteiger partial charge in [-0.15, -0.1) is 0 Å². The average Bonchev–Trinajstić information content (AvgIpc) is 2.87. The van der Waals surface area contributed by atoms with E-state index in [4.69, 9.17) is 0 Å². The summed E-state index contributed by atoms with van der Waals surface area (Å²) in [5.74, 6) is 0.403. The van der Waals surface area contributed by atoms with Crippen LogP contribution in [-0.2, 0) is 13.1 Å². The van der Waals surface area contributed by atoms with Gasteiger partial charge in [-0.2, -0.15) is 0 Å². The summed E-state index contributed by atoms with van der Waals surface area (Å²) in [4.78, 5) is 10.9. The second-order valence-corrected chi connectivity index (χ2v) is 9.79. The van der Waals surface area contributed by atoms with E-state index in [2.05, 4.69) is 9.98 Å². The van der Waals surface area contributed by atoms with Crippen LogP contribution in [0.25, 0.3) is 0 Å². The Balaban J connectivity index is 1.38. The van der Waals surface area contributed by atoms with Gasteiger partial charge in [0.1, 0.15) is 11.5 Å². The zero-order valence-corrected chi connectivity index (χ0v) is 20.0. The van der Waals surface area contributed by atoms with Crippen molar-refractivity contribution in [3.63, 3.8) is 0 Å². The first-order valence-corrected chi connectivity index (χ1v) is 12.9. The van der Waals surface area contributed by atoms with Gasteiger partial charge in [0.15, 0.2) is 0 Å². The molecule has 0 spiro atoms. The van der Waals surface area contributed by atoms with Crippen LogP contribution in [-0.4, -0.2) is 22.6 Å². The van der Waals surface area contributed by atoms with Crippen LogP contribution in [0.5, 0.6) is 11.5 Å². The quantitative estimate of drug-likeness (QED) is 0.196. The molecular weight excluding hydrogens is 460 g/mol. The lowest BCUT2D eigenvalue weighted by Gasteiger charge is -2.06. The summed E-state index contributed by atoms with van der Waals surface area (Å²) in [7, 11) is 3.16. The zero-order valence-electron chi connectivity index (χ0n) is 18.4. The molecule has 0 aliphatic carbocycles. The third kappa shape index (κ3) is 7.01. The lowest BCUT2D eigenvalue weighted by molar-refractivity contribution is 0.473. The second-order valence-electron chi connectivity index (χ2n) is 7.52. The van der Waals surface area contributed by atoms with E-state index in [0.717, 1.165) is 20.9 Å². The fraction of sp³-hybridized carbons (Fsp3) is 0.0714. The molecule has 4 nitrogen and oxygen atoms in total. The van der Waals surface area contributed by atoms with Gasteiger partial charge in [0, 0.05) is 33.3 Å². The molecule has 0 atom stereocenters. The summed E-state index contributed by atoms with van der Waals surface area (Å²) in [6.45, 7) is 1.13. The summed E-state index contributed by atoms with van der Waals surface area (Å²) in [5, 5.41) is 20.4. The number of nitrogens with zero attached hydrogens (tertiary/aromatic N) is 2. The van der Waals surface area contributed by atoms with Gasteiger partial charge < -0.3 is 10.2 Å². The fourth-order valence-electron chi connectivity index (χ4n) is 3.14. The molecule has 4 aromatic carbocycles. The summed E-state index contributed by atoms with van der Waals surface area (Å²) >= 11 is 0. The third-order valence-corrected chi connectivity index (χ3v) is 7.31. The first-order chi connectivity index (χ1) is 16.7. The van der Waals surface area contributed by atoms with Gasteiger partial charge in [-0.25, -0.2) is 0 Å². The van der Waals surface area contributed by atoms with Crippen LogP contribution in [0, 0.1) is 0 Å². The molecule has 0 saturated heterocycles. The van der Waals surface area contributed by atoms with Crippen LogP contribution >= 0.6 is 21.6 Å². The Labute approximate surface area is 207 Å². The highest BCUT2D eigenvalue weighted by molar-refractivity contribution is 8.76. The highest BCUT2D eigenvalue weighted by Crippen LogP contribution is 2.39. The molecule has 4 rings (SSSR count). The van der Waals surface area contributed by atoms with E-state index < -0.39 is 0 Å². The van der Waals surface area contributed by atoms with Crippen LogP contribution in [0.4, 0.5) is 0 Å². The molecule has 0 aliphatic rings. The minimum atomic E-state index is 0.202. The number of phenolic OH excluding ortho intramolecular Hbond substituents is 2. The predicted molar refractivity (Wildman–Crippen MR) is 143 cm³/mol. The monoisotopic (exact) mass is 484 g/mol. The number of rotatable bonds is 9. The van der Waals surface area contributed by atoms with Crippen LogP contribution in [0.15, 0.2) is 117 Å². The maximum atomic E-state index is 10.2. The Morgan fingerprint density at radius 1 is 0.559 bits per heavy atom. The van der Waals surface area contributed by atoms with Crippen molar-refractivity contribution in [1.82, 2.24) is 0 Å². The molecule has 0 bridgehead atoms. The molecule has 0 unspecified atom stereocenters. The van der Waals surface area contributed by atoms with Crippen molar-refractivity contribution >= 4 is 34.0 Å². The van der Waals surface area contributed by atoms with E-state index >= 15 is 0 Å². The van der Waals surface area contributed by atoms with Crippen LogP contribution in [0.1, 0.15) is 22.3 Å². The molecule has 0 aromatic heterocycles. The summed E-state index contributed by atoms with van der Waals surface area (Å²) in [5.41, 5.74) is 3.60. The van der Waals surface area contributed by atoms with E-state index in [9.17, 15) is 10.2 Å². The van der Waals surface area contributed by atoms with Gasteiger partial charge in [-0.05, 0) is 47.5 Å². The fourth-order valence-corrected chi connectivity index (χ4v) is 5.13. The standard InChI is InChI=1S/C28H24N2O2S2/c31-27-13-11-25(15-23(27)19-29-17-21-7-3-1-4-8-21)33-34-26-12-14-28(32)24(16-26)20-30-18-22-9-5-2-6-10-22/h1-16,19-20,31-32H,17-18H2. The molecule has 4 aromatic rings. The predicted octanol–water partition coefficient (Wildman–Crippen LogP) is 7.14. The minimum absolute atomic E-state index is 0.202. The van der Waals surface area contributed by atoms with Crippen molar-refractivity contribution in [3.8, 4) is 11.5 Å². The normalized spacial score (nSPS) is 11.4. The lowest BCUT2D eigenvalue weighted by atomic mass is 10.2. The maximum Gasteiger partial charge on any atom is 0.124 e. The highest BCUT2D eigenvalue weighted by atomic mass is 33.1. The Morgan fingerprint density at radius 2 is 0.971 bits per heavy atom. The molecule has 0 amide bonds. The van der Waals surface area contributed by atoms with E-state index in [1.54, 1.807) is 46.1 Å². The molecule has 0 aliphatic heterocycles.